The van der Waals surface area contributed by atoms with E-state index in [-0.39, 0.29) is 16.9 Å². The highest BCUT2D eigenvalue weighted by molar-refractivity contribution is 9.10. The topological polar surface area (TPSA) is 42.0 Å². The monoisotopic (exact) mass is 378 g/mol. The lowest BCUT2D eigenvalue weighted by Crippen LogP contribution is -2.34. The van der Waals surface area contributed by atoms with Gasteiger partial charge in [0.25, 0.3) is 5.91 Å². The molecule has 1 heterocycles. The molecule has 5 heteroatoms. The van der Waals surface area contributed by atoms with E-state index in [1.807, 2.05) is 12.1 Å². The minimum atomic E-state index is -0.191. The fourth-order valence-electron chi connectivity index (χ4n) is 2.38. The number of benzene rings is 1. The molecule has 0 unspecified atom stereocenters. The van der Waals surface area contributed by atoms with Crippen molar-refractivity contribution in [2.45, 2.75) is 44.6 Å². The van der Waals surface area contributed by atoms with Crippen LogP contribution in [0.25, 0.3) is 0 Å². The van der Waals surface area contributed by atoms with Gasteiger partial charge in [0, 0.05) is 9.89 Å². The quantitative estimate of drug-likeness (QED) is 0.846. The maximum atomic E-state index is 12.5. The first kappa shape index (κ1) is 15.7. The molecular formula is C17H19BrN2OS. The molecule has 0 spiro atoms. The van der Waals surface area contributed by atoms with Crippen molar-refractivity contribution in [3.8, 4) is 0 Å². The number of carbonyl (C=O) groups is 1. The molecule has 0 aliphatic heterocycles. The molecule has 1 amide bonds. The Kier molecular flexibility index (Phi) is 3.89. The average molecular weight is 379 g/mol. The second-order valence-electron chi connectivity index (χ2n) is 6.82. The van der Waals surface area contributed by atoms with E-state index >= 15 is 0 Å². The predicted molar refractivity (Wildman–Crippen MR) is 93.3 cm³/mol. The Morgan fingerprint density at radius 3 is 2.41 bits per heavy atom. The van der Waals surface area contributed by atoms with Crippen LogP contribution in [0.2, 0.25) is 0 Å². The highest BCUT2D eigenvalue weighted by Crippen LogP contribution is 2.46. The summed E-state index contributed by atoms with van der Waals surface area (Å²) in [4.78, 5) is 17.6. The van der Waals surface area contributed by atoms with Crippen molar-refractivity contribution in [1.82, 2.24) is 10.3 Å². The van der Waals surface area contributed by atoms with Crippen molar-refractivity contribution in [2.24, 2.45) is 0 Å². The number of rotatable bonds is 3. The molecule has 1 N–H and O–H groups in total. The van der Waals surface area contributed by atoms with Crippen LogP contribution in [0.15, 0.2) is 34.9 Å². The second kappa shape index (κ2) is 5.46. The van der Waals surface area contributed by atoms with Crippen molar-refractivity contribution < 1.29 is 4.79 Å². The fraction of sp³-hybridized carbons (Fsp3) is 0.412. The molecule has 1 aliphatic carbocycles. The van der Waals surface area contributed by atoms with Gasteiger partial charge in [-0.15, -0.1) is 11.3 Å². The SMILES string of the molecule is CC(C)(C)c1ncc(C(=O)NC2(c3ccc(Br)cc3)CC2)s1. The maximum Gasteiger partial charge on any atom is 0.263 e. The molecule has 1 aromatic carbocycles. The minimum Gasteiger partial charge on any atom is -0.342 e. The zero-order valence-corrected chi connectivity index (χ0v) is 15.3. The predicted octanol–water partition coefficient (Wildman–Crippen LogP) is 4.62. The van der Waals surface area contributed by atoms with Crippen molar-refractivity contribution in [3.63, 3.8) is 0 Å². The van der Waals surface area contributed by atoms with E-state index < -0.39 is 0 Å². The maximum absolute atomic E-state index is 12.5. The summed E-state index contributed by atoms with van der Waals surface area (Å²) in [6.07, 6.45) is 3.68. The zero-order valence-electron chi connectivity index (χ0n) is 12.9. The van der Waals surface area contributed by atoms with Crippen LogP contribution in [0, 0.1) is 0 Å². The van der Waals surface area contributed by atoms with Crippen LogP contribution < -0.4 is 5.32 Å². The van der Waals surface area contributed by atoms with E-state index in [1.165, 1.54) is 16.9 Å². The summed E-state index contributed by atoms with van der Waals surface area (Å²) >= 11 is 4.93. The smallest absolute Gasteiger partial charge is 0.263 e. The van der Waals surface area contributed by atoms with Crippen molar-refractivity contribution in [2.75, 3.05) is 0 Å². The number of halogens is 1. The summed E-state index contributed by atoms with van der Waals surface area (Å²) in [5, 5.41) is 4.19. The Balaban J connectivity index is 1.77. The molecule has 2 aromatic rings. The van der Waals surface area contributed by atoms with Gasteiger partial charge in [-0.3, -0.25) is 4.79 Å². The van der Waals surface area contributed by atoms with E-state index in [2.05, 4.69) is 59.1 Å². The van der Waals surface area contributed by atoms with Gasteiger partial charge in [0.05, 0.1) is 16.7 Å². The molecule has 3 nitrogen and oxygen atoms in total. The molecule has 22 heavy (non-hydrogen) atoms. The standard InChI is InChI=1S/C17H19BrN2OS/c1-16(2,3)15-19-10-13(22-15)14(21)20-17(8-9-17)11-4-6-12(18)7-5-11/h4-7,10H,8-9H2,1-3H3,(H,20,21). The lowest BCUT2D eigenvalue weighted by molar-refractivity contribution is 0.0935. The van der Waals surface area contributed by atoms with Crippen LogP contribution in [0.5, 0.6) is 0 Å². The lowest BCUT2D eigenvalue weighted by atomic mass is 9.98. The number of thiazole rings is 1. The van der Waals surface area contributed by atoms with Gasteiger partial charge in [-0.1, -0.05) is 48.8 Å². The molecule has 0 bridgehead atoms. The summed E-state index contributed by atoms with van der Waals surface area (Å²) in [5.74, 6) is -0.0200. The van der Waals surface area contributed by atoms with Crippen LogP contribution in [0.4, 0.5) is 0 Å². The van der Waals surface area contributed by atoms with E-state index in [9.17, 15) is 4.79 Å². The molecule has 0 saturated heterocycles. The number of nitrogens with one attached hydrogen (secondary N) is 1. The van der Waals surface area contributed by atoms with Crippen LogP contribution in [0.1, 0.15) is 53.9 Å². The molecule has 3 rings (SSSR count). The molecule has 116 valence electrons. The highest BCUT2D eigenvalue weighted by Gasteiger charge is 2.45. The van der Waals surface area contributed by atoms with Crippen molar-refractivity contribution >= 4 is 33.2 Å². The first-order chi connectivity index (χ1) is 10.3. The number of amides is 1. The summed E-state index contributed by atoms with van der Waals surface area (Å²) in [7, 11) is 0. The largest absolute Gasteiger partial charge is 0.342 e. The third-order valence-electron chi connectivity index (χ3n) is 3.87. The molecule has 1 fully saturated rings. The van der Waals surface area contributed by atoms with E-state index in [0.717, 1.165) is 22.3 Å². The Labute approximate surface area is 143 Å². The Bertz CT molecular complexity index is 696. The third kappa shape index (κ3) is 3.10. The van der Waals surface area contributed by atoms with Gasteiger partial charge in [0.1, 0.15) is 4.88 Å². The first-order valence-corrected chi connectivity index (χ1v) is 8.96. The third-order valence-corrected chi connectivity index (χ3v) is 5.82. The van der Waals surface area contributed by atoms with Gasteiger partial charge in [0.15, 0.2) is 0 Å². The van der Waals surface area contributed by atoms with Gasteiger partial charge in [-0.05, 0) is 30.5 Å². The van der Waals surface area contributed by atoms with Crippen LogP contribution in [-0.4, -0.2) is 10.9 Å². The first-order valence-electron chi connectivity index (χ1n) is 7.35. The Hall–Kier alpha value is -1.20. The zero-order chi connectivity index (χ0) is 16.0. The number of carbonyl (C=O) groups excluding carboxylic acids is 1. The Morgan fingerprint density at radius 1 is 1.27 bits per heavy atom. The molecule has 0 radical (unpaired) electrons. The van der Waals surface area contributed by atoms with E-state index in [1.54, 1.807) is 6.20 Å². The minimum absolute atomic E-state index is 0.0200. The number of hydrogen-bond acceptors (Lipinski definition) is 3. The summed E-state index contributed by atoms with van der Waals surface area (Å²) in [6.45, 7) is 6.33. The molecule has 1 saturated carbocycles. The van der Waals surface area contributed by atoms with Crippen LogP contribution in [0.3, 0.4) is 0 Å². The van der Waals surface area contributed by atoms with Gasteiger partial charge in [-0.2, -0.15) is 0 Å². The second-order valence-corrected chi connectivity index (χ2v) is 8.77. The van der Waals surface area contributed by atoms with E-state index in [0.29, 0.717) is 4.88 Å². The van der Waals surface area contributed by atoms with Gasteiger partial charge < -0.3 is 5.32 Å². The summed E-state index contributed by atoms with van der Waals surface area (Å²) < 4.78 is 1.05. The van der Waals surface area contributed by atoms with Gasteiger partial charge in [0.2, 0.25) is 0 Å². The van der Waals surface area contributed by atoms with Crippen molar-refractivity contribution in [1.29, 1.82) is 0 Å². The molecule has 0 atom stereocenters. The normalized spacial score (nSPS) is 16.4. The summed E-state index contributed by atoms with van der Waals surface area (Å²) in [6, 6.07) is 8.19. The number of nitrogens with zero attached hydrogens (tertiary/aromatic N) is 1. The van der Waals surface area contributed by atoms with Crippen LogP contribution >= 0.6 is 27.3 Å². The highest BCUT2D eigenvalue weighted by atomic mass is 79.9. The fourth-order valence-corrected chi connectivity index (χ4v) is 3.52. The molecule has 1 aromatic heterocycles. The van der Waals surface area contributed by atoms with Gasteiger partial charge in [-0.25, -0.2) is 4.98 Å². The lowest BCUT2D eigenvalue weighted by Gasteiger charge is -2.17. The Morgan fingerprint density at radius 2 is 1.91 bits per heavy atom. The summed E-state index contributed by atoms with van der Waals surface area (Å²) in [5.41, 5.74) is 0.958. The molecule has 1 aliphatic rings. The number of aromatic nitrogens is 1. The molecular weight excluding hydrogens is 360 g/mol. The van der Waals surface area contributed by atoms with Gasteiger partial charge >= 0.3 is 0 Å². The average Bonchev–Trinajstić information content (AvgIpc) is 3.03. The van der Waals surface area contributed by atoms with Crippen LogP contribution in [-0.2, 0) is 11.0 Å². The van der Waals surface area contributed by atoms with Crippen molar-refractivity contribution in [3.05, 3.63) is 50.4 Å². The van der Waals surface area contributed by atoms with E-state index in [4.69, 9.17) is 0 Å². The number of hydrogen-bond donors (Lipinski definition) is 1.